The molecule has 2 N–H and O–H groups in total. The molecule has 0 saturated heterocycles. The SMILES string of the molecule is CCCNc1cc(C(=O)Nc2nncs2)cc(CCC)n1. The van der Waals surface area contributed by atoms with Gasteiger partial charge in [0.2, 0.25) is 5.13 Å². The summed E-state index contributed by atoms with van der Waals surface area (Å²) in [6.07, 6.45) is 2.84. The molecule has 0 bridgehead atoms. The van der Waals surface area contributed by atoms with Gasteiger partial charge >= 0.3 is 0 Å². The first-order valence-electron chi connectivity index (χ1n) is 7.05. The van der Waals surface area contributed by atoms with Crippen LogP contribution in [-0.2, 0) is 6.42 Å². The van der Waals surface area contributed by atoms with E-state index in [9.17, 15) is 4.79 Å². The molecule has 0 saturated carbocycles. The third kappa shape index (κ3) is 4.49. The molecule has 2 aromatic heterocycles. The molecule has 0 aromatic carbocycles. The number of hydrogen-bond acceptors (Lipinski definition) is 6. The Morgan fingerprint density at radius 2 is 2.14 bits per heavy atom. The van der Waals surface area contributed by atoms with Gasteiger partial charge in [-0.3, -0.25) is 10.1 Å². The van der Waals surface area contributed by atoms with Crippen molar-refractivity contribution in [3.63, 3.8) is 0 Å². The maximum Gasteiger partial charge on any atom is 0.257 e. The number of hydrogen-bond donors (Lipinski definition) is 2. The van der Waals surface area contributed by atoms with E-state index in [4.69, 9.17) is 0 Å². The van der Waals surface area contributed by atoms with Crippen LogP contribution in [0.5, 0.6) is 0 Å². The van der Waals surface area contributed by atoms with Crippen LogP contribution in [0.15, 0.2) is 17.6 Å². The minimum Gasteiger partial charge on any atom is -0.370 e. The van der Waals surface area contributed by atoms with Gasteiger partial charge in [0, 0.05) is 17.8 Å². The number of rotatable bonds is 7. The van der Waals surface area contributed by atoms with Crippen LogP contribution >= 0.6 is 11.3 Å². The number of carbonyl (C=O) groups is 1. The maximum absolute atomic E-state index is 12.3. The number of nitrogens with zero attached hydrogens (tertiary/aromatic N) is 3. The Morgan fingerprint density at radius 1 is 1.29 bits per heavy atom. The first kappa shape index (κ1) is 15.4. The lowest BCUT2D eigenvalue weighted by molar-refractivity contribution is 0.102. The molecule has 0 radical (unpaired) electrons. The highest BCUT2D eigenvalue weighted by molar-refractivity contribution is 7.13. The zero-order valence-electron chi connectivity index (χ0n) is 12.2. The fraction of sp³-hybridized carbons (Fsp3) is 0.429. The summed E-state index contributed by atoms with van der Waals surface area (Å²) in [5, 5.41) is 14.0. The van der Waals surface area contributed by atoms with Gasteiger partial charge in [0.15, 0.2) is 0 Å². The molecule has 0 unspecified atom stereocenters. The fourth-order valence-electron chi connectivity index (χ4n) is 1.84. The maximum atomic E-state index is 12.3. The predicted octanol–water partition coefficient (Wildman–Crippen LogP) is 2.96. The average Bonchev–Trinajstić information content (AvgIpc) is 2.98. The van der Waals surface area contributed by atoms with Gasteiger partial charge in [-0.2, -0.15) is 0 Å². The summed E-state index contributed by atoms with van der Waals surface area (Å²) in [5.41, 5.74) is 3.09. The summed E-state index contributed by atoms with van der Waals surface area (Å²) in [7, 11) is 0. The lowest BCUT2D eigenvalue weighted by Gasteiger charge is -2.09. The number of amides is 1. The first-order chi connectivity index (χ1) is 10.2. The highest BCUT2D eigenvalue weighted by atomic mass is 32.1. The molecular formula is C14H19N5OS. The van der Waals surface area contributed by atoms with Crippen molar-refractivity contribution in [3.8, 4) is 0 Å². The molecule has 6 nitrogen and oxygen atoms in total. The van der Waals surface area contributed by atoms with Crippen molar-refractivity contribution in [2.75, 3.05) is 17.2 Å². The van der Waals surface area contributed by atoms with Gasteiger partial charge in [-0.1, -0.05) is 31.6 Å². The third-order valence-corrected chi connectivity index (χ3v) is 3.39. The molecule has 7 heteroatoms. The molecule has 112 valence electrons. The molecule has 21 heavy (non-hydrogen) atoms. The molecule has 2 heterocycles. The second kappa shape index (κ2) is 7.68. The molecule has 0 aliphatic heterocycles. The summed E-state index contributed by atoms with van der Waals surface area (Å²) in [5.74, 6) is 0.552. The van der Waals surface area contributed by atoms with Gasteiger partial charge in [-0.05, 0) is 25.0 Å². The molecule has 2 aromatic rings. The quantitative estimate of drug-likeness (QED) is 0.822. The van der Waals surface area contributed by atoms with E-state index in [1.165, 1.54) is 11.3 Å². The number of pyridine rings is 1. The molecule has 0 spiro atoms. The van der Waals surface area contributed by atoms with E-state index >= 15 is 0 Å². The van der Waals surface area contributed by atoms with Crippen molar-refractivity contribution < 1.29 is 4.79 Å². The van der Waals surface area contributed by atoms with E-state index in [1.54, 1.807) is 11.6 Å². The van der Waals surface area contributed by atoms with Crippen molar-refractivity contribution in [1.29, 1.82) is 0 Å². The van der Waals surface area contributed by atoms with Gasteiger partial charge in [0.25, 0.3) is 5.91 Å². The minimum atomic E-state index is -0.189. The number of nitrogens with one attached hydrogen (secondary N) is 2. The van der Waals surface area contributed by atoms with Crippen LogP contribution in [0.1, 0.15) is 42.7 Å². The summed E-state index contributed by atoms with van der Waals surface area (Å²) in [6, 6.07) is 3.60. The number of anilines is 2. The second-order valence-electron chi connectivity index (χ2n) is 4.61. The summed E-state index contributed by atoms with van der Waals surface area (Å²) in [4.78, 5) is 16.8. The Morgan fingerprint density at radius 3 is 2.81 bits per heavy atom. The van der Waals surface area contributed by atoms with Gasteiger partial charge in [0.05, 0.1) is 0 Å². The van der Waals surface area contributed by atoms with Crippen molar-refractivity contribution in [1.82, 2.24) is 15.2 Å². The van der Waals surface area contributed by atoms with E-state index in [-0.39, 0.29) is 5.91 Å². The van der Waals surface area contributed by atoms with Crippen LogP contribution in [-0.4, -0.2) is 27.6 Å². The molecule has 0 aliphatic rings. The predicted molar refractivity (Wildman–Crippen MR) is 84.9 cm³/mol. The van der Waals surface area contributed by atoms with E-state index in [0.29, 0.717) is 10.7 Å². The van der Waals surface area contributed by atoms with E-state index < -0.39 is 0 Å². The normalized spacial score (nSPS) is 10.4. The number of aromatic nitrogens is 3. The van der Waals surface area contributed by atoms with Gasteiger partial charge < -0.3 is 5.32 Å². The lowest BCUT2D eigenvalue weighted by atomic mass is 10.1. The van der Waals surface area contributed by atoms with Gasteiger partial charge in [-0.15, -0.1) is 10.2 Å². The lowest BCUT2D eigenvalue weighted by Crippen LogP contribution is -2.14. The van der Waals surface area contributed by atoms with Crippen molar-refractivity contribution in [2.24, 2.45) is 0 Å². The Labute approximate surface area is 128 Å². The van der Waals surface area contributed by atoms with E-state index in [2.05, 4.69) is 39.7 Å². The number of aryl methyl sites for hydroxylation is 1. The van der Waals surface area contributed by atoms with Crippen LogP contribution in [0.4, 0.5) is 10.9 Å². The topological polar surface area (TPSA) is 79.8 Å². The molecule has 1 amide bonds. The molecule has 0 aliphatic carbocycles. The Balaban J connectivity index is 2.19. The fourth-order valence-corrected chi connectivity index (χ4v) is 2.28. The van der Waals surface area contributed by atoms with Crippen LogP contribution in [0.2, 0.25) is 0 Å². The smallest absolute Gasteiger partial charge is 0.257 e. The Bertz CT molecular complexity index is 585. The standard InChI is InChI=1S/C14H19N5OS/c1-3-5-11-7-10(8-12(17-11)15-6-4-2)13(20)18-14-19-16-9-21-14/h7-9H,3-6H2,1-2H3,(H,15,17)(H,18,19,20). The molecule has 2 rings (SSSR count). The summed E-state index contributed by atoms with van der Waals surface area (Å²) < 4.78 is 0. The Hall–Kier alpha value is -2.02. The second-order valence-corrected chi connectivity index (χ2v) is 5.44. The zero-order valence-corrected chi connectivity index (χ0v) is 13.0. The van der Waals surface area contributed by atoms with Crippen LogP contribution < -0.4 is 10.6 Å². The first-order valence-corrected chi connectivity index (χ1v) is 7.93. The van der Waals surface area contributed by atoms with Gasteiger partial charge in [-0.25, -0.2) is 4.98 Å². The van der Waals surface area contributed by atoms with Crippen LogP contribution in [0, 0.1) is 0 Å². The number of carbonyl (C=O) groups excluding carboxylic acids is 1. The molecule has 0 fully saturated rings. The zero-order chi connectivity index (χ0) is 15.1. The highest BCUT2D eigenvalue weighted by Gasteiger charge is 2.11. The highest BCUT2D eigenvalue weighted by Crippen LogP contribution is 2.15. The third-order valence-electron chi connectivity index (χ3n) is 2.78. The molecule has 0 atom stereocenters. The van der Waals surface area contributed by atoms with Crippen molar-refractivity contribution in [2.45, 2.75) is 33.1 Å². The van der Waals surface area contributed by atoms with Crippen LogP contribution in [0.25, 0.3) is 0 Å². The van der Waals surface area contributed by atoms with Crippen molar-refractivity contribution in [3.05, 3.63) is 28.9 Å². The minimum absolute atomic E-state index is 0.189. The largest absolute Gasteiger partial charge is 0.370 e. The summed E-state index contributed by atoms with van der Waals surface area (Å²) >= 11 is 1.29. The van der Waals surface area contributed by atoms with E-state index in [1.807, 2.05) is 6.07 Å². The summed E-state index contributed by atoms with van der Waals surface area (Å²) in [6.45, 7) is 5.01. The molecular weight excluding hydrogens is 286 g/mol. The average molecular weight is 305 g/mol. The Kier molecular flexibility index (Phi) is 5.62. The monoisotopic (exact) mass is 305 g/mol. The van der Waals surface area contributed by atoms with Crippen molar-refractivity contribution >= 4 is 28.2 Å². The van der Waals surface area contributed by atoms with Crippen LogP contribution in [0.3, 0.4) is 0 Å². The van der Waals surface area contributed by atoms with Gasteiger partial charge in [0.1, 0.15) is 11.3 Å². The van der Waals surface area contributed by atoms with E-state index in [0.717, 1.165) is 37.3 Å².